The van der Waals surface area contributed by atoms with Crippen molar-refractivity contribution in [3.63, 3.8) is 0 Å². The van der Waals surface area contributed by atoms with Crippen LogP contribution in [0.4, 0.5) is 0 Å². The summed E-state index contributed by atoms with van der Waals surface area (Å²) in [6, 6.07) is 17.5. The molecule has 3 heterocycles. The van der Waals surface area contributed by atoms with Gasteiger partial charge in [-0.1, -0.05) is 30.3 Å². The van der Waals surface area contributed by atoms with Gasteiger partial charge < -0.3 is 5.10 Å². The third kappa shape index (κ3) is 2.92. The smallest absolute Gasteiger partial charge is 0.220 e. The van der Waals surface area contributed by atoms with Gasteiger partial charge in [-0.25, -0.2) is 9.97 Å². The van der Waals surface area contributed by atoms with Gasteiger partial charge in [0.25, 0.3) is 0 Å². The van der Waals surface area contributed by atoms with E-state index in [0.717, 1.165) is 38.8 Å². The molecule has 7 heteroatoms. The van der Waals surface area contributed by atoms with Gasteiger partial charge in [0.15, 0.2) is 0 Å². The van der Waals surface area contributed by atoms with Crippen molar-refractivity contribution in [3.05, 3.63) is 72.6 Å². The Balaban J connectivity index is 1.55. The lowest BCUT2D eigenvalue weighted by Crippen LogP contribution is -1.98. The number of aromatic nitrogens is 5. The van der Waals surface area contributed by atoms with Crippen LogP contribution in [-0.2, 0) is 16.6 Å². The molecule has 0 radical (unpaired) electrons. The molecule has 0 bridgehead atoms. The van der Waals surface area contributed by atoms with Gasteiger partial charge in [-0.05, 0) is 29.8 Å². The maximum Gasteiger partial charge on any atom is 0.220 e. The van der Waals surface area contributed by atoms with E-state index in [0.29, 0.717) is 10.9 Å². The van der Waals surface area contributed by atoms with Gasteiger partial charge in [-0.15, -0.1) is 0 Å². The summed E-state index contributed by atoms with van der Waals surface area (Å²) in [4.78, 5) is 13.1. The zero-order valence-corrected chi connectivity index (χ0v) is 15.0. The van der Waals surface area contributed by atoms with Gasteiger partial charge in [0.1, 0.15) is 0 Å². The van der Waals surface area contributed by atoms with Crippen LogP contribution in [0.25, 0.3) is 33.2 Å². The van der Waals surface area contributed by atoms with Crippen LogP contribution in [0.15, 0.2) is 72.1 Å². The lowest BCUT2D eigenvalue weighted by atomic mass is 10.1. The zero-order chi connectivity index (χ0) is 18.2. The van der Waals surface area contributed by atoms with E-state index < -0.39 is 10.8 Å². The Bertz CT molecular complexity index is 1260. The molecule has 3 aromatic heterocycles. The van der Waals surface area contributed by atoms with Crippen LogP contribution in [0, 0.1) is 0 Å². The number of nitrogens with zero attached hydrogens (tertiary/aromatic N) is 3. The minimum Gasteiger partial charge on any atom is -0.300 e. The Morgan fingerprint density at radius 3 is 2.41 bits per heavy atom. The number of aromatic amines is 2. The van der Waals surface area contributed by atoms with E-state index in [1.165, 1.54) is 0 Å². The monoisotopic (exact) mass is 373 g/mol. The summed E-state index contributed by atoms with van der Waals surface area (Å²) in [5, 5.41) is 7.74. The number of H-pyrrole nitrogens is 2. The molecule has 5 rings (SSSR count). The highest BCUT2D eigenvalue weighted by Gasteiger charge is 2.15. The minimum atomic E-state index is -1.28. The molecule has 0 aliphatic carbocycles. The van der Waals surface area contributed by atoms with Crippen LogP contribution in [0.2, 0.25) is 0 Å². The number of nitrogens with one attached hydrogen (secondary N) is 2. The topological polar surface area (TPSA) is 87.3 Å². The number of benzene rings is 2. The fraction of sp³-hybridized carbons (Fsp3) is 0.0500. The van der Waals surface area contributed by atoms with E-state index in [4.69, 9.17) is 0 Å². The van der Waals surface area contributed by atoms with Gasteiger partial charge in [-0.2, -0.15) is 0 Å². The molecule has 27 heavy (non-hydrogen) atoms. The number of rotatable bonds is 4. The normalized spacial score (nSPS) is 12.6. The highest BCUT2D eigenvalue weighted by Crippen LogP contribution is 2.29. The van der Waals surface area contributed by atoms with Crippen molar-refractivity contribution in [3.8, 4) is 11.3 Å². The maximum atomic E-state index is 12.7. The van der Waals surface area contributed by atoms with Crippen molar-refractivity contribution >= 4 is 32.7 Å². The van der Waals surface area contributed by atoms with Crippen molar-refractivity contribution < 1.29 is 4.21 Å². The number of imidazole rings is 1. The Kier molecular flexibility index (Phi) is 3.79. The molecule has 2 aromatic carbocycles. The molecule has 1 atom stereocenters. The molecule has 0 aliphatic heterocycles. The van der Waals surface area contributed by atoms with Crippen LogP contribution in [0.3, 0.4) is 0 Å². The Morgan fingerprint density at radius 1 is 0.889 bits per heavy atom. The molecular weight excluding hydrogens is 358 g/mol. The van der Waals surface area contributed by atoms with Crippen LogP contribution >= 0.6 is 0 Å². The van der Waals surface area contributed by atoms with E-state index in [1.807, 2.05) is 54.6 Å². The second kappa shape index (κ2) is 6.44. The van der Waals surface area contributed by atoms with E-state index in [9.17, 15) is 4.21 Å². The average Bonchev–Trinajstić information content (AvgIpc) is 3.31. The lowest BCUT2D eigenvalue weighted by molar-refractivity contribution is 0.677. The van der Waals surface area contributed by atoms with Gasteiger partial charge in [0.05, 0.1) is 38.8 Å². The molecule has 0 amide bonds. The van der Waals surface area contributed by atoms with Gasteiger partial charge in [0.2, 0.25) is 5.16 Å². The van der Waals surface area contributed by atoms with Crippen LogP contribution < -0.4 is 0 Å². The third-order valence-corrected chi connectivity index (χ3v) is 5.64. The van der Waals surface area contributed by atoms with Crippen molar-refractivity contribution in [1.29, 1.82) is 0 Å². The minimum absolute atomic E-state index is 0.371. The number of pyridine rings is 1. The predicted molar refractivity (Wildman–Crippen MR) is 106 cm³/mol. The number of hydrogen-bond acceptors (Lipinski definition) is 4. The highest BCUT2D eigenvalue weighted by atomic mass is 32.2. The molecular formula is C20H15N5OS. The van der Waals surface area contributed by atoms with E-state index in [-0.39, 0.29) is 0 Å². The molecule has 0 spiro atoms. The molecule has 5 aromatic rings. The fourth-order valence-electron chi connectivity index (χ4n) is 3.13. The second-order valence-electron chi connectivity index (χ2n) is 6.23. The van der Waals surface area contributed by atoms with Crippen molar-refractivity contribution in [2.24, 2.45) is 0 Å². The number of fused-ring (bicyclic) bond motifs is 2. The summed E-state index contributed by atoms with van der Waals surface area (Å²) in [7, 11) is -1.28. The second-order valence-corrected chi connectivity index (χ2v) is 7.57. The first-order valence-corrected chi connectivity index (χ1v) is 9.80. The number of hydrogen-bond donors (Lipinski definition) is 2. The third-order valence-electron chi connectivity index (χ3n) is 4.45. The van der Waals surface area contributed by atoms with E-state index in [2.05, 4.69) is 25.1 Å². The molecule has 0 fully saturated rings. The maximum absolute atomic E-state index is 12.7. The van der Waals surface area contributed by atoms with Crippen molar-refractivity contribution in [1.82, 2.24) is 25.1 Å². The molecule has 0 saturated carbocycles. The molecule has 0 aliphatic rings. The van der Waals surface area contributed by atoms with Crippen LogP contribution in [0.1, 0.15) is 5.56 Å². The lowest BCUT2D eigenvalue weighted by Gasteiger charge is -1.98. The molecule has 132 valence electrons. The summed E-state index contributed by atoms with van der Waals surface area (Å²) < 4.78 is 12.7. The molecule has 0 saturated heterocycles. The average molecular weight is 373 g/mol. The summed E-state index contributed by atoms with van der Waals surface area (Å²) in [6.45, 7) is 0. The van der Waals surface area contributed by atoms with E-state index >= 15 is 0 Å². The van der Waals surface area contributed by atoms with Crippen LogP contribution in [0.5, 0.6) is 0 Å². The van der Waals surface area contributed by atoms with Gasteiger partial charge >= 0.3 is 0 Å². The first-order valence-electron chi connectivity index (χ1n) is 8.48. The summed E-state index contributed by atoms with van der Waals surface area (Å²) in [6.07, 6.45) is 3.52. The van der Waals surface area contributed by atoms with Crippen molar-refractivity contribution in [2.45, 2.75) is 10.9 Å². The molecule has 1 unspecified atom stereocenters. The first-order chi connectivity index (χ1) is 13.3. The summed E-state index contributed by atoms with van der Waals surface area (Å²) >= 11 is 0. The predicted octanol–water partition coefficient (Wildman–Crippen LogP) is 3.81. The Hall–Kier alpha value is -3.32. The Morgan fingerprint density at radius 2 is 1.63 bits per heavy atom. The summed E-state index contributed by atoms with van der Waals surface area (Å²) in [5.74, 6) is 0.408. The highest BCUT2D eigenvalue weighted by molar-refractivity contribution is 7.84. The largest absolute Gasteiger partial charge is 0.300 e. The first kappa shape index (κ1) is 15.9. The fourth-order valence-corrected chi connectivity index (χ4v) is 4.16. The molecule has 2 N–H and O–H groups in total. The quantitative estimate of drug-likeness (QED) is 0.501. The van der Waals surface area contributed by atoms with Crippen molar-refractivity contribution in [2.75, 3.05) is 0 Å². The summed E-state index contributed by atoms with van der Waals surface area (Å²) in [5.41, 5.74) is 5.39. The standard InChI is InChI=1S/C20H15N5OS/c26-27(12-13-4-2-1-3-5-13)20-22-17-10-15-16(11-18(17)23-20)24-25-19(15)14-6-8-21-9-7-14/h1-11,24-25H,12H2. The van der Waals surface area contributed by atoms with Gasteiger partial charge in [-0.3, -0.25) is 14.3 Å². The molecule has 6 nitrogen and oxygen atoms in total. The SMILES string of the molecule is O=S(Cc1ccccc1)c1nc2cc3[nH][nH]c(-c4ccncc4)c3cc2n1. The Labute approximate surface area is 157 Å². The van der Waals surface area contributed by atoms with E-state index in [1.54, 1.807) is 12.4 Å². The zero-order valence-electron chi connectivity index (χ0n) is 14.2. The van der Waals surface area contributed by atoms with Gasteiger partial charge in [0, 0.05) is 23.3 Å². The van der Waals surface area contributed by atoms with Crippen LogP contribution in [-0.4, -0.2) is 29.4 Å².